The summed E-state index contributed by atoms with van der Waals surface area (Å²) in [7, 11) is 0. The molecule has 0 saturated heterocycles. The molecular formula is C20H16FNO2S. The zero-order chi connectivity index (χ0) is 17.2. The van der Waals surface area contributed by atoms with Gasteiger partial charge in [0.05, 0.1) is 5.69 Å². The van der Waals surface area contributed by atoms with Gasteiger partial charge in [-0.3, -0.25) is 4.79 Å². The number of carbonyl (C=O) groups is 1. The number of hydrogen-bond acceptors (Lipinski definition) is 3. The van der Waals surface area contributed by atoms with Gasteiger partial charge in [0.25, 0.3) is 0 Å². The zero-order valence-electron chi connectivity index (χ0n) is 13.4. The van der Waals surface area contributed by atoms with Gasteiger partial charge in [-0.1, -0.05) is 30.3 Å². The molecule has 1 atom stereocenters. The highest BCUT2D eigenvalue weighted by Crippen LogP contribution is 2.41. The minimum absolute atomic E-state index is 0.0218. The highest BCUT2D eigenvalue weighted by molar-refractivity contribution is 7.10. The van der Waals surface area contributed by atoms with Crippen LogP contribution in [0.2, 0.25) is 0 Å². The quantitative estimate of drug-likeness (QED) is 0.721. The van der Waals surface area contributed by atoms with E-state index in [1.54, 1.807) is 29.5 Å². The normalized spacial score (nSPS) is 16.2. The first-order valence-electron chi connectivity index (χ1n) is 8.04. The lowest BCUT2D eigenvalue weighted by Gasteiger charge is -2.23. The Balaban J connectivity index is 1.56. The molecule has 5 heteroatoms. The first-order chi connectivity index (χ1) is 12.2. The molecule has 3 aromatic rings. The van der Waals surface area contributed by atoms with Crippen LogP contribution in [-0.2, 0) is 11.4 Å². The fraction of sp³-hybridized carbons (Fsp3) is 0.150. The van der Waals surface area contributed by atoms with Crippen LogP contribution in [0.15, 0.2) is 60.0 Å². The van der Waals surface area contributed by atoms with Crippen molar-refractivity contribution in [3.63, 3.8) is 0 Å². The molecule has 0 aliphatic carbocycles. The number of amides is 1. The fourth-order valence-electron chi connectivity index (χ4n) is 3.04. The Kier molecular flexibility index (Phi) is 4.24. The van der Waals surface area contributed by atoms with E-state index in [4.69, 9.17) is 4.74 Å². The first-order valence-corrected chi connectivity index (χ1v) is 8.92. The number of carbonyl (C=O) groups excluding carboxylic acids is 1. The minimum Gasteiger partial charge on any atom is -0.489 e. The number of benzene rings is 2. The number of fused-ring (bicyclic) bond motifs is 1. The molecule has 2 aromatic carbocycles. The standard InChI is InChI=1S/C20H16FNO2S/c21-17-7-2-1-4-14(17)12-24-15-6-3-5-13(10-15)16-11-19(23)22-18-8-9-25-20(16)18/h1-10,16H,11-12H2,(H,22,23). The van der Waals surface area contributed by atoms with Gasteiger partial charge in [-0.05, 0) is 35.2 Å². The highest BCUT2D eigenvalue weighted by Gasteiger charge is 2.27. The number of thiophene rings is 1. The third-order valence-electron chi connectivity index (χ3n) is 4.29. The highest BCUT2D eigenvalue weighted by atomic mass is 32.1. The van der Waals surface area contributed by atoms with Crippen LogP contribution in [-0.4, -0.2) is 5.91 Å². The second-order valence-electron chi connectivity index (χ2n) is 5.96. The molecule has 1 unspecified atom stereocenters. The minimum atomic E-state index is -0.272. The maximum Gasteiger partial charge on any atom is 0.225 e. The first kappa shape index (κ1) is 15.8. The van der Waals surface area contributed by atoms with Gasteiger partial charge >= 0.3 is 0 Å². The summed E-state index contributed by atoms with van der Waals surface area (Å²) in [6.07, 6.45) is 0.421. The van der Waals surface area contributed by atoms with Crippen molar-refractivity contribution < 1.29 is 13.9 Å². The number of nitrogens with one attached hydrogen (secondary N) is 1. The van der Waals surface area contributed by atoms with Gasteiger partial charge in [0, 0.05) is 22.8 Å². The summed E-state index contributed by atoms with van der Waals surface area (Å²) in [6, 6.07) is 16.2. The maximum absolute atomic E-state index is 13.7. The van der Waals surface area contributed by atoms with Crippen LogP contribution in [0.4, 0.5) is 10.1 Å². The van der Waals surface area contributed by atoms with E-state index < -0.39 is 0 Å². The molecule has 1 N–H and O–H groups in total. The Bertz CT molecular complexity index is 921. The van der Waals surface area contributed by atoms with Gasteiger partial charge < -0.3 is 10.1 Å². The molecule has 0 bridgehead atoms. The summed E-state index contributed by atoms with van der Waals surface area (Å²) in [6.45, 7) is 0.172. The fourth-order valence-corrected chi connectivity index (χ4v) is 4.02. The van der Waals surface area contributed by atoms with Crippen molar-refractivity contribution in [1.29, 1.82) is 0 Å². The Morgan fingerprint density at radius 1 is 1.16 bits per heavy atom. The summed E-state index contributed by atoms with van der Waals surface area (Å²) in [5.74, 6) is 0.449. The third-order valence-corrected chi connectivity index (χ3v) is 5.32. The van der Waals surface area contributed by atoms with Crippen molar-refractivity contribution in [2.75, 3.05) is 5.32 Å². The van der Waals surface area contributed by atoms with E-state index in [1.165, 1.54) is 6.07 Å². The molecule has 1 amide bonds. The lowest BCUT2D eigenvalue weighted by Crippen LogP contribution is -2.21. The van der Waals surface area contributed by atoms with Gasteiger partial charge in [-0.15, -0.1) is 11.3 Å². The smallest absolute Gasteiger partial charge is 0.225 e. The largest absolute Gasteiger partial charge is 0.489 e. The van der Waals surface area contributed by atoms with Gasteiger partial charge in [0.2, 0.25) is 5.91 Å². The monoisotopic (exact) mass is 353 g/mol. The van der Waals surface area contributed by atoms with E-state index >= 15 is 0 Å². The maximum atomic E-state index is 13.7. The van der Waals surface area contributed by atoms with Crippen LogP contribution < -0.4 is 10.1 Å². The molecule has 4 rings (SSSR count). The molecule has 126 valence electrons. The lowest BCUT2D eigenvalue weighted by molar-refractivity contribution is -0.116. The third kappa shape index (κ3) is 3.28. The van der Waals surface area contributed by atoms with E-state index in [9.17, 15) is 9.18 Å². The summed E-state index contributed by atoms with van der Waals surface area (Å²) in [5.41, 5.74) is 2.44. The van der Waals surface area contributed by atoms with Crippen LogP contribution in [0.25, 0.3) is 0 Å². The number of anilines is 1. The number of rotatable bonds is 4. The van der Waals surface area contributed by atoms with E-state index in [0.717, 1.165) is 16.1 Å². The Labute approximate surface area is 149 Å². The van der Waals surface area contributed by atoms with Crippen molar-refractivity contribution in [3.8, 4) is 5.75 Å². The van der Waals surface area contributed by atoms with Gasteiger partial charge in [0.15, 0.2) is 0 Å². The molecular weight excluding hydrogens is 337 g/mol. The van der Waals surface area contributed by atoms with Crippen molar-refractivity contribution in [2.45, 2.75) is 18.9 Å². The van der Waals surface area contributed by atoms with E-state index in [1.807, 2.05) is 35.7 Å². The van der Waals surface area contributed by atoms with E-state index in [-0.39, 0.29) is 24.2 Å². The molecule has 3 nitrogen and oxygen atoms in total. The molecule has 25 heavy (non-hydrogen) atoms. The molecule has 0 fully saturated rings. The average Bonchev–Trinajstić information content (AvgIpc) is 3.09. The number of ether oxygens (including phenoxy) is 1. The number of hydrogen-bond donors (Lipinski definition) is 1. The molecule has 0 spiro atoms. The van der Waals surface area contributed by atoms with Crippen LogP contribution in [0.3, 0.4) is 0 Å². The molecule has 2 heterocycles. The van der Waals surface area contributed by atoms with E-state index in [2.05, 4.69) is 5.32 Å². The van der Waals surface area contributed by atoms with Crippen molar-refractivity contribution >= 4 is 22.9 Å². The molecule has 1 aromatic heterocycles. The molecule has 1 aliphatic rings. The number of halogens is 1. The van der Waals surface area contributed by atoms with Crippen molar-refractivity contribution in [1.82, 2.24) is 0 Å². The van der Waals surface area contributed by atoms with Crippen molar-refractivity contribution in [2.24, 2.45) is 0 Å². The van der Waals surface area contributed by atoms with Crippen molar-refractivity contribution in [3.05, 3.63) is 81.8 Å². The summed E-state index contributed by atoms with van der Waals surface area (Å²) >= 11 is 1.64. The summed E-state index contributed by atoms with van der Waals surface area (Å²) in [4.78, 5) is 13.1. The lowest BCUT2D eigenvalue weighted by atomic mass is 9.90. The average molecular weight is 353 g/mol. The van der Waals surface area contributed by atoms with Crippen LogP contribution >= 0.6 is 11.3 Å². The Hall–Kier alpha value is -2.66. The SMILES string of the molecule is O=C1CC(c2cccc(OCc3ccccc3F)c2)c2sccc2N1. The molecule has 1 aliphatic heterocycles. The van der Waals surface area contributed by atoms with Crippen LogP contribution in [0.5, 0.6) is 5.75 Å². The summed E-state index contributed by atoms with van der Waals surface area (Å²) in [5, 5.41) is 4.89. The Morgan fingerprint density at radius 2 is 2.04 bits per heavy atom. The zero-order valence-corrected chi connectivity index (χ0v) is 14.2. The predicted molar refractivity (Wildman–Crippen MR) is 96.6 cm³/mol. The van der Waals surface area contributed by atoms with Gasteiger partial charge in [-0.2, -0.15) is 0 Å². The second-order valence-corrected chi connectivity index (χ2v) is 6.90. The van der Waals surface area contributed by atoms with Gasteiger partial charge in [0.1, 0.15) is 18.2 Å². The predicted octanol–water partition coefficient (Wildman–Crippen LogP) is 4.94. The summed E-state index contributed by atoms with van der Waals surface area (Å²) < 4.78 is 19.5. The topological polar surface area (TPSA) is 38.3 Å². The van der Waals surface area contributed by atoms with Crippen LogP contribution in [0.1, 0.15) is 28.3 Å². The Morgan fingerprint density at radius 3 is 2.92 bits per heavy atom. The second kappa shape index (κ2) is 6.69. The van der Waals surface area contributed by atoms with Gasteiger partial charge in [-0.25, -0.2) is 4.39 Å². The van der Waals surface area contributed by atoms with Crippen LogP contribution in [0, 0.1) is 5.82 Å². The molecule has 0 saturated carbocycles. The molecule has 0 radical (unpaired) electrons. The van der Waals surface area contributed by atoms with E-state index in [0.29, 0.717) is 17.7 Å².